The summed E-state index contributed by atoms with van der Waals surface area (Å²) in [6.07, 6.45) is 4.88. The van der Waals surface area contributed by atoms with Gasteiger partial charge in [0.2, 0.25) is 0 Å². The topological polar surface area (TPSA) is 34.1 Å². The van der Waals surface area contributed by atoms with Crippen molar-refractivity contribution in [3.05, 3.63) is 34.4 Å². The number of carbonyl (C=O) groups is 1. The summed E-state index contributed by atoms with van der Waals surface area (Å²) in [5.74, 6) is 1.50. The maximum atomic E-state index is 12.4. The van der Waals surface area contributed by atoms with Crippen LogP contribution in [-0.2, 0) is 10.8 Å². The lowest BCUT2D eigenvalue weighted by Crippen LogP contribution is -2.18. The van der Waals surface area contributed by atoms with E-state index in [9.17, 15) is 9.00 Å². The van der Waals surface area contributed by atoms with Gasteiger partial charge in [-0.25, -0.2) is 0 Å². The van der Waals surface area contributed by atoms with E-state index in [1.807, 2.05) is 32.9 Å². The molecule has 0 saturated heterocycles. The summed E-state index contributed by atoms with van der Waals surface area (Å²) in [7, 11) is -1.01. The van der Waals surface area contributed by atoms with Crippen molar-refractivity contribution >= 4 is 16.6 Å². The number of rotatable bonds is 5. The van der Waals surface area contributed by atoms with Gasteiger partial charge in [0.25, 0.3) is 0 Å². The molecule has 3 heteroatoms. The zero-order valence-electron chi connectivity index (χ0n) is 12.7. The van der Waals surface area contributed by atoms with Crippen LogP contribution < -0.4 is 0 Å². The lowest BCUT2D eigenvalue weighted by Gasteiger charge is -2.12. The summed E-state index contributed by atoms with van der Waals surface area (Å²) in [6.45, 7) is 5.97. The lowest BCUT2D eigenvalue weighted by atomic mass is 9.97. The molecule has 1 aliphatic rings. The zero-order valence-corrected chi connectivity index (χ0v) is 13.5. The van der Waals surface area contributed by atoms with Crippen LogP contribution in [0.3, 0.4) is 0 Å². The first-order valence-electron chi connectivity index (χ1n) is 7.43. The van der Waals surface area contributed by atoms with E-state index in [1.165, 1.54) is 31.2 Å². The van der Waals surface area contributed by atoms with Crippen LogP contribution in [0.2, 0.25) is 0 Å². The van der Waals surface area contributed by atoms with E-state index in [1.54, 1.807) is 0 Å². The Morgan fingerprint density at radius 3 is 2.25 bits per heavy atom. The van der Waals surface area contributed by atoms with Crippen molar-refractivity contribution in [3.63, 3.8) is 0 Å². The van der Waals surface area contributed by atoms with Crippen LogP contribution in [0.4, 0.5) is 0 Å². The molecule has 20 heavy (non-hydrogen) atoms. The summed E-state index contributed by atoms with van der Waals surface area (Å²) in [6, 6.07) is 4.06. The molecule has 0 aromatic heterocycles. The molecular weight excluding hydrogens is 268 g/mol. The second-order valence-corrected chi connectivity index (χ2v) is 7.60. The average molecular weight is 292 g/mol. The molecule has 1 saturated carbocycles. The highest BCUT2D eigenvalue weighted by Gasteiger charge is 2.21. The number of carbonyl (C=O) groups excluding carboxylic acids is 1. The van der Waals surface area contributed by atoms with Crippen molar-refractivity contribution in [3.8, 4) is 0 Å². The Morgan fingerprint density at radius 2 is 1.70 bits per heavy atom. The Balaban J connectivity index is 2.02. The normalized spacial score (nSPS) is 17.4. The fourth-order valence-corrected chi connectivity index (χ4v) is 4.75. The largest absolute Gasteiger partial charge is 0.293 e. The summed E-state index contributed by atoms with van der Waals surface area (Å²) in [4.78, 5) is 12.4. The Bertz CT molecular complexity index is 505. The predicted molar refractivity (Wildman–Crippen MR) is 84.8 cm³/mol. The maximum Gasteiger partial charge on any atom is 0.175 e. The van der Waals surface area contributed by atoms with Crippen molar-refractivity contribution in [1.29, 1.82) is 0 Å². The monoisotopic (exact) mass is 292 g/mol. The van der Waals surface area contributed by atoms with Crippen LogP contribution >= 0.6 is 0 Å². The van der Waals surface area contributed by atoms with Crippen molar-refractivity contribution < 1.29 is 9.00 Å². The minimum absolute atomic E-state index is 0.0383. The first-order valence-corrected chi connectivity index (χ1v) is 8.92. The van der Waals surface area contributed by atoms with Crippen molar-refractivity contribution in [2.45, 2.75) is 46.5 Å². The molecule has 1 aromatic carbocycles. The molecule has 2 nitrogen and oxygen atoms in total. The fraction of sp³-hybridized carbons (Fsp3) is 0.588. The predicted octanol–water partition coefficient (Wildman–Crippen LogP) is 3.73. The van der Waals surface area contributed by atoms with E-state index in [4.69, 9.17) is 0 Å². The molecule has 0 radical (unpaired) electrons. The molecule has 1 fully saturated rings. The third kappa shape index (κ3) is 3.78. The van der Waals surface area contributed by atoms with E-state index in [-0.39, 0.29) is 11.5 Å². The highest BCUT2D eigenvalue weighted by atomic mass is 32.2. The third-order valence-corrected chi connectivity index (χ3v) is 5.57. The number of aryl methyl sites for hydroxylation is 3. The number of hydrogen-bond donors (Lipinski definition) is 0. The third-order valence-electron chi connectivity index (χ3n) is 4.14. The van der Waals surface area contributed by atoms with Crippen LogP contribution in [0, 0.1) is 26.7 Å². The molecule has 1 aromatic rings. The highest BCUT2D eigenvalue weighted by Crippen LogP contribution is 2.25. The molecule has 1 unspecified atom stereocenters. The number of Topliss-reactive ketones (excluding diaryl/α,β-unsaturated/α-hetero) is 1. The van der Waals surface area contributed by atoms with Gasteiger partial charge < -0.3 is 0 Å². The van der Waals surface area contributed by atoms with Crippen molar-refractivity contribution in [2.24, 2.45) is 5.92 Å². The Kier molecular flexibility index (Phi) is 5.14. The van der Waals surface area contributed by atoms with Crippen LogP contribution in [0.25, 0.3) is 0 Å². The first kappa shape index (κ1) is 15.4. The summed E-state index contributed by atoms with van der Waals surface area (Å²) in [5, 5.41) is 0. The average Bonchev–Trinajstić information content (AvgIpc) is 2.79. The van der Waals surface area contributed by atoms with E-state index >= 15 is 0 Å². The van der Waals surface area contributed by atoms with Crippen LogP contribution in [0.1, 0.15) is 52.7 Å². The van der Waals surface area contributed by atoms with Gasteiger partial charge in [-0.05, 0) is 50.7 Å². The van der Waals surface area contributed by atoms with Crippen LogP contribution in [0.5, 0.6) is 0 Å². The molecular formula is C17H24O2S. The molecule has 1 atom stereocenters. The van der Waals surface area contributed by atoms with Crippen molar-refractivity contribution in [1.82, 2.24) is 0 Å². The molecule has 0 amide bonds. The summed E-state index contributed by atoms with van der Waals surface area (Å²) in [5.41, 5.74) is 3.95. The van der Waals surface area contributed by atoms with Gasteiger partial charge in [-0.2, -0.15) is 0 Å². The van der Waals surface area contributed by atoms with Gasteiger partial charge in [0, 0.05) is 22.1 Å². The van der Waals surface area contributed by atoms with Gasteiger partial charge in [0.15, 0.2) is 5.78 Å². The van der Waals surface area contributed by atoms with Gasteiger partial charge in [0.1, 0.15) is 0 Å². The molecule has 0 heterocycles. The molecule has 1 aliphatic carbocycles. The van der Waals surface area contributed by atoms with Gasteiger partial charge in [-0.15, -0.1) is 0 Å². The van der Waals surface area contributed by atoms with E-state index in [2.05, 4.69) is 0 Å². The number of ketones is 1. The van der Waals surface area contributed by atoms with Gasteiger partial charge in [0.05, 0.1) is 5.75 Å². The standard InChI is InChI=1S/C17H24O2S/c1-12-8-13(2)17(14(3)9-12)16(18)11-20(19)10-15-6-4-5-7-15/h8-9,15H,4-7,10-11H2,1-3H3. The SMILES string of the molecule is Cc1cc(C)c(C(=O)CS(=O)CC2CCCC2)c(C)c1. The maximum absolute atomic E-state index is 12.4. The van der Waals surface area contributed by atoms with Gasteiger partial charge in [-0.3, -0.25) is 9.00 Å². The highest BCUT2D eigenvalue weighted by molar-refractivity contribution is 7.85. The molecule has 0 bridgehead atoms. The van der Waals surface area contributed by atoms with Crippen LogP contribution in [-0.4, -0.2) is 21.5 Å². The summed E-state index contributed by atoms with van der Waals surface area (Å²) < 4.78 is 12.2. The molecule has 110 valence electrons. The minimum atomic E-state index is -1.01. The first-order chi connectivity index (χ1) is 9.47. The second kappa shape index (κ2) is 6.66. The Labute approximate surface area is 124 Å². The fourth-order valence-electron chi connectivity index (χ4n) is 3.34. The molecule has 0 N–H and O–H groups in total. The van der Waals surface area contributed by atoms with Gasteiger partial charge in [-0.1, -0.05) is 30.5 Å². The van der Waals surface area contributed by atoms with Crippen LogP contribution in [0.15, 0.2) is 12.1 Å². The molecule has 2 rings (SSSR count). The molecule has 0 spiro atoms. The number of hydrogen-bond acceptors (Lipinski definition) is 2. The van der Waals surface area contributed by atoms with E-state index in [0.29, 0.717) is 11.7 Å². The van der Waals surface area contributed by atoms with Crippen molar-refractivity contribution in [2.75, 3.05) is 11.5 Å². The Morgan fingerprint density at radius 1 is 1.15 bits per heavy atom. The Hall–Kier alpha value is -0.960. The quantitative estimate of drug-likeness (QED) is 0.775. The lowest BCUT2D eigenvalue weighted by molar-refractivity contribution is 0.102. The zero-order chi connectivity index (χ0) is 14.7. The second-order valence-electron chi connectivity index (χ2n) is 6.10. The smallest absolute Gasteiger partial charge is 0.175 e. The van der Waals surface area contributed by atoms with E-state index in [0.717, 1.165) is 16.7 Å². The van der Waals surface area contributed by atoms with Gasteiger partial charge >= 0.3 is 0 Å². The van der Waals surface area contributed by atoms with E-state index < -0.39 is 10.8 Å². The minimum Gasteiger partial charge on any atom is -0.293 e. The number of benzene rings is 1. The molecule has 0 aliphatic heterocycles. The summed E-state index contributed by atoms with van der Waals surface area (Å²) >= 11 is 0.